The van der Waals surface area contributed by atoms with Gasteiger partial charge in [0.25, 0.3) is 0 Å². The molecule has 2 aromatic rings. The highest BCUT2D eigenvalue weighted by Gasteiger charge is 2.03. The predicted octanol–water partition coefficient (Wildman–Crippen LogP) is 3.36. The third kappa shape index (κ3) is 5.30. The number of unbranched alkanes of at least 4 members (excludes halogenated alkanes) is 1. The van der Waals surface area contributed by atoms with Crippen LogP contribution in [0.4, 0.5) is 0 Å². The Morgan fingerprint density at radius 2 is 2.19 bits per heavy atom. The summed E-state index contributed by atoms with van der Waals surface area (Å²) in [5.74, 6) is 0.808. The molecule has 0 saturated heterocycles. The second-order valence-corrected chi connectivity index (χ2v) is 4.97. The van der Waals surface area contributed by atoms with Crippen molar-refractivity contribution in [2.75, 3.05) is 0 Å². The molecule has 0 aliphatic rings. The van der Waals surface area contributed by atoms with Gasteiger partial charge in [-0.05, 0) is 43.9 Å². The van der Waals surface area contributed by atoms with Crippen LogP contribution in [0.15, 0.2) is 34.9 Å². The van der Waals surface area contributed by atoms with Gasteiger partial charge in [-0.3, -0.25) is 4.79 Å². The molecule has 1 aromatic carbocycles. The number of nitrogens with zero attached hydrogens (tertiary/aromatic N) is 1. The Morgan fingerprint density at radius 3 is 2.90 bits per heavy atom. The Hall–Kier alpha value is -2.30. The van der Waals surface area contributed by atoms with Crippen molar-refractivity contribution in [3.05, 3.63) is 47.3 Å². The summed E-state index contributed by atoms with van der Waals surface area (Å²) in [6.07, 6.45) is 2.63. The van der Waals surface area contributed by atoms with Gasteiger partial charge < -0.3 is 14.4 Å². The summed E-state index contributed by atoms with van der Waals surface area (Å²) < 4.78 is 10.7. The lowest BCUT2D eigenvalue weighted by atomic mass is 10.1. The molecule has 0 fully saturated rings. The number of rotatable bonds is 8. The van der Waals surface area contributed by atoms with Gasteiger partial charge in [0.05, 0.1) is 0 Å². The fourth-order valence-electron chi connectivity index (χ4n) is 2.04. The van der Waals surface area contributed by atoms with Crippen molar-refractivity contribution in [3.8, 4) is 5.75 Å². The van der Waals surface area contributed by atoms with Crippen LogP contribution in [0.5, 0.6) is 5.75 Å². The Kier molecular flexibility index (Phi) is 5.37. The quantitative estimate of drug-likeness (QED) is 0.754. The summed E-state index contributed by atoms with van der Waals surface area (Å²) in [6.45, 7) is 2.22. The van der Waals surface area contributed by atoms with Crippen LogP contribution >= 0.6 is 0 Å². The van der Waals surface area contributed by atoms with Crippen LogP contribution in [0.1, 0.15) is 36.3 Å². The maximum absolute atomic E-state index is 10.5. The van der Waals surface area contributed by atoms with Crippen molar-refractivity contribution in [2.24, 2.45) is 0 Å². The molecule has 1 aromatic heterocycles. The van der Waals surface area contributed by atoms with Crippen LogP contribution in [0.3, 0.4) is 0 Å². The minimum absolute atomic E-state index is 0.224. The lowest BCUT2D eigenvalue weighted by Crippen LogP contribution is -1.97. The fraction of sp³-hybridized carbons (Fsp3) is 0.375. The molecule has 0 aliphatic heterocycles. The zero-order valence-electron chi connectivity index (χ0n) is 12.0. The van der Waals surface area contributed by atoms with Gasteiger partial charge in [-0.2, -0.15) is 0 Å². The number of carboxylic acid groups (broad SMARTS) is 1. The van der Waals surface area contributed by atoms with Crippen molar-refractivity contribution in [2.45, 2.75) is 39.2 Å². The van der Waals surface area contributed by atoms with E-state index in [2.05, 4.69) is 5.16 Å². The SMILES string of the molecule is Cc1cc(COc2cccc(CCCCC(=O)O)c2)no1. The van der Waals surface area contributed by atoms with Crippen molar-refractivity contribution in [1.82, 2.24) is 5.16 Å². The Labute approximate surface area is 123 Å². The topological polar surface area (TPSA) is 72.6 Å². The average molecular weight is 289 g/mol. The first-order valence-corrected chi connectivity index (χ1v) is 6.99. The number of aromatic nitrogens is 1. The smallest absolute Gasteiger partial charge is 0.303 e. The molecule has 2 rings (SSSR count). The van der Waals surface area contributed by atoms with Gasteiger partial charge >= 0.3 is 5.97 Å². The van der Waals surface area contributed by atoms with Gasteiger partial charge in [-0.15, -0.1) is 0 Å². The lowest BCUT2D eigenvalue weighted by Gasteiger charge is -2.06. The number of aliphatic carboxylic acids is 1. The first kappa shape index (κ1) is 15.1. The Morgan fingerprint density at radius 1 is 1.33 bits per heavy atom. The number of hydrogen-bond acceptors (Lipinski definition) is 4. The van der Waals surface area contributed by atoms with Gasteiger partial charge in [0.2, 0.25) is 0 Å². The van der Waals surface area contributed by atoms with Gasteiger partial charge in [0.1, 0.15) is 23.8 Å². The molecule has 21 heavy (non-hydrogen) atoms. The van der Waals surface area contributed by atoms with Crippen LogP contribution in [-0.4, -0.2) is 16.2 Å². The van der Waals surface area contributed by atoms with Crippen LogP contribution in [0, 0.1) is 6.92 Å². The van der Waals surface area contributed by atoms with E-state index in [0.29, 0.717) is 13.0 Å². The van der Waals surface area contributed by atoms with Crippen LogP contribution in [0.2, 0.25) is 0 Å². The predicted molar refractivity (Wildman–Crippen MR) is 77.2 cm³/mol. The van der Waals surface area contributed by atoms with E-state index in [1.807, 2.05) is 37.3 Å². The molecule has 0 amide bonds. The Balaban J connectivity index is 1.81. The minimum atomic E-state index is -0.741. The molecule has 0 unspecified atom stereocenters. The molecule has 1 N–H and O–H groups in total. The maximum Gasteiger partial charge on any atom is 0.303 e. The number of hydrogen-bond donors (Lipinski definition) is 1. The van der Waals surface area contributed by atoms with E-state index in [1.54, 1.807) is 0 Å². The van der Waals surface area contributed by atoms with Crippen LogP contribution in [-0.2, 0) is 17.8 Å². The second kappa shape index (κ2) is 7.47. The monoisotopic (exact) mass is 289 g/mol. The van der Waals surface area contributed by atoms with Gasteiger partial charge in [0.15, 0.2) is 0 Å². The molecule has 5 nitrogen and oxygen atoms in total. The highest BCUT2D eigenvalue weighted by atomic mass is 16.5. The molecule has 1 heterocycles. The van der Waals surface area contributed by atoms with E-state index in [0.717, 1.165) is 35.6 Å². The number of benzene rings is 1. The summed E-state index contributed by atoms with van der Waals surface area (Å²) in [5, 5.41) is 12.5. The number of carboxylic acids is 1. The first-order chi connectivity index (χ1) is 10.1. The lowest BCUT2D eigenvalue weighted by molar-refractivity contribution is -0.137. The number of aryl methyl sites for hydroxylation is 2. The zero-order valence-corrected chi connectivity index (χ0v) is 12.0. The molecule has 5 heteroatoms. The third-order valence-electron chi connectivity index (χ3n) is 3.07. The summed E-state index contributed by atoms with van der Waals surface area (Å²) >= 11 is 0. The largest absolute Gasteiger partial charge is 0.487 e. The molecule has 0 spiro atoms. The molecule has 0 radical (unpaired) electrons. The van der Waals surface area contributed by atoms with Gasteiger partial charge in [-0.25, -0.2) is 0 Å². The standard InChI is InChI=1S/C16H19NO4/c1-12-9-14(17-21-12)11-20-15-7-4-6-13(10-15)5-2-3-8-16(18)19/h4,6-7,9-10H,2-3,5,8,11H2,1H3,(H,18,19). The van der Waals surface area contributed by atoms with Crippen LogP contribution < -0.4 is 4.74 Å². The van der Waals surface area contributed by atoms with Crippen LogP contribution in [0.25, 0.3) is 0 Å². The van der Waals surface area contributed by atoms with E-state index in [-0.39, 0.29) is 6.42 Å². The molecule has 0 atom stereocenters. The molecular formula is C16H19NO4. The molecule has 0 aliphatic carbocycles. The summed E-state index contributed by atoms with van der Waals surface area (Å²) in [4.78, 5) is 10.5. The minimum Gasteiger partial charge on any atom is -0.487 e. The van der Waals surface area contributed by atoms with Gasteiger partial charge in [-0.1, -0.05) is 17.3 Å². The van der Waals surface area contributed by atoms with Crippen molar-refractivity contribution < 1.29 is 19.2 Å². The average Bonchev–Trinajstić information content (AvgIpc) is 2.87. The highest BCUT2D eigenvalue weighted by Crippen LogP contribution is 2.17. The van der Waals surface area contributed by atoms with E-state index < -0.39 is 5.97 Å². The van der Waals surface area contributed by atoms with Crippen molar-refractivity contribution in [1.29, 1.82) is 0 Å². The summed E-state index contributed by atoms with van der Waals surface area (Å²) in [6, 6.07) is 9.68. The van der Waals surface area contributed by atoms with Gasteiger partial charge in [0, 0.05) is 12.5 Å². The second-order valence-electron chi connectivity index (χ2n) is 4.97. The molecule has 0 bridgehead atoms. The molecule has 0 saturated carbocycles. The van der Waals surface area contributed by atoms with E-state index in [4.69, 9.17) is 14.4 Å². The number of ether oxygens (including phenoxy) is 1. The first-order valence-electron chi connectivity index (χ1n) is 6.99. The van der Waals surface area contributed by atoms with E-state index in [9.17, 15) is 4.79 Å². The summed E-state index contributed by atoms with van der Waals surface area (Å²) in [7, 11) is 0. The Bertz CT molecular complexity index is 591. The molecule has 112 valence electrons. The highest BCUT2D eigenvalue weighted by molar-refractivity contribution is 5.66. The maximum atomic E-state index is 10.5. The summed E-state index contributed by atoms with van der Waals surface area (Å²) in [5.41, 5.74) is 1.91. The van der Waals surface area contributed by atoms with E-state index >= 15 is 0 Å². The van der Waals surface area contributed by atoms with Crippen molar-refractivity contribution in [3.63, 3.8) is 0 Å². The van der Waals surface area contributed by atoms with Crippen molar-refractivity contribution >= 4 is 5.97 Å². The number of carbonyl (C=O) groups is 1. The zero-order chi connectivity index (χ0) is 15.1. The normalized spacial score (nSPS) is 10.5. The fourth-order valence-corrected chi connectivity index (χ4v) is 2.04. The third-order valence-corrected chi connectivity index (χ3v) is 3.07. The van der Waals surface area contributed by atoms with E-state index in [1.165, 1.54) is 0 Å². The molecular weight excluding hydrogens is 270 g/mol.